The van der Waals surface area contributed by atoms with E-state index >= 15 is 0 Å². The Morgan fingerprint density at radius 3 is 3.00 bits per heavy atom. The maximum Gasteiger partial charge on any atom is 0.282 e. The molecular weight excluding hydrogens is 374 g/mol. The van der Waals surface area contributed by atoms with Gasteiger partial charge in [0.25, 0.3) is 5.56 Å². The van der Waals surface area contributed by atoms with Crippen molar-refractivity contribution in [3.63, 3.8) is 0 Å². The van der Waals surface area contributed by atoms with E-state index in [9.17, 15) is 4.79 Å². The molecule has 0 saturated carbocycles. The molecule has 0 atom stereocenters. The fourth-order valence-corrected chi connectivity index (χ4v) is 3.13. The number of hydrogen-bond acceptors (Lipinski definition) is 5. The van der Waals surface area contributed by atoms with E-state index in [0.29, 0.717) is 28.2 Å². The lowest BCUT2D eigenvalue weighted by atomic mass is 10.2. The van der Waals surface area contributed by atoms with Crippen molar-refractivity contribution >= 4 is 33.0 Å². The first-order valence-electron chi connectivity index (χ1n) is 7.25. The highest BCUT2D eigenvalue weighted by atomic mass is 79.9. The summed E-state index contributed by atoms with van der Waals surface area (Å²) in [4.78, 5) is 17.0. The van der Waals surface area contributed by atoms with Crippen molar-refractivity contribution in [3.8, 4) is 11.5 Å². The van der Waals surface area contributed by atoms with Gasteiger partial charge in [-0.05, 0) is 52.7 Å². The van der Waals surface area contributed by atoms with Crippen molar-refractivity contribution in [2.24, 2.45) is 5.10 Å². The first kappa shape index (κ1) is 14.9. The minimum Gasteiger partial charge on any atom is -0.454 e. The molecule has 0 fully saturated rings. The topological polar surface area (TPSA) is 65.7 Å². The predicted molar refractivity (Wildman–Crippen MR) is 94.0 cm³/mol. The van der Waals surface area contributed by atoms with Crippen LogP contribution in [-0.4, -0.2) is 22.7 Å². The molecule has 2 heterocycles. The third-order valence-corrected chi connectivity index (χ3v) is 4.28. The molecule has 6 nitrogen and oxygen atoms in total. The van der Waals surface area contributed by atoms with Crippen LogP contribution in [0.1, 0.15) is 11.4 Å². The molecule has 0 bridgehead atoms. The molecule has 0 saturated heterocycles. The van der Waals surface area contributed by atoms with Crippen LogP contribution in [-0.2, 0) is 0 Å². The number of hydrogen-bond donors (Lipinski definition) is 0. The summed E-state index contributed by atoms with van der Waals surface area (Å²) in [5.41, 5.74) is 1.25. The van der Waals surface area contributed by atoms with Gasteiger partial charge < -0.3 is 9.47 Å². The number of ether oxygens (including phenoxy) is 2. The van der Waals surface area contributed by atoms with Crippen molar-refractivity contribution < 1.29 is 9.47 Å². The molecule has 120 valence electrons. The average molecular weight is 386 g/mol. The molecule has 2 aromatic carbocycles. The first-order valence-corrected chi connectivity index (χ1v) is 8.05. The number of fused-ring (bicyclic) bond motifs is 2. The number of aryl methyl sites for hydroxylation is 1. The van der Waals surface area contributed by atoms with E-state index < -0.39 is 0 Å². The highest BCUT2D eigenvalue weighted by Crippen LogP contribution is 2.39. The molecule has 1 aliphatic heterocycles. The molecule has 0 N–H and O–H groups in total. The third kappa shape index (κ3) is 2.46. The molecule has 0 unspecified atom stereocenters. The fraction of sp³-hybridized carbons (Fsp3) is 0.118. The Balaban J connectivity index is 1.78. The minimum atomic E-state index is -0.200. The Morgan fingerprint density at radius 1 is 1.29 bits per heavy atom. The van der Waals surface area contributed by atoms with Crippen LogP contribution >= 0.6 is 15.9 Å². The zero-order chi connectivity index (χ0) is 16.7. The molecule has 7 heteroatoms. The summed E-state index contributed by atoms with van der Waals surface area (Å²) in [5, 5.41) is 4.83. The smallest absolute Gasteiger partial charge is 0.282 e. The monoisotopic (exact) mass is 385 g/mol. The first-order chi connectivity index (χ1) is 11.6. The van der Waals surface area contributed by atoms with E-state index in [2.05, 4.69) is 26.0 Å². The van der Waals surface area contributed by atoms with Gasteiger partial charge >= 0.3 is 0 Å². The van der Waals surface area contributed by atoms with Gasteiger partial charge in [0.15, 0.2) is 11.5 Å². The Bertz CT molecular complexity index is 1040. The molecule has 0 amide bonds. The number of benzene rings is 2. The number of rotatable bonds is 2. The third-order valence-electron chi connectivity index (χ3n) is 3.69. The van der Waals surface area contributed by atoms with Gasteiger partial charge in [0.2, 0.25) is 6.79 Å². The van der Waals surface area contributed by atoms with E-state index in [1.807, 2.05) is 30.3 Å². The summed E-state index contributed by atoms with van der Waals surface area (Å²) >= 11 is 3.44. The van der Waals surface area contributed by atoms with Crippen LogP contribution in [0.5, 0.6) is 11.5 Å². The highest BCUT2D eigenvalue weighted by Gasteiger charge is 2.17. The summed E-state index contributed by atoms with van der Waals surface area (Å²) in [7, 11) is 0. The number of halogens is 1. The molecular formula is C17H12BrN3O3. The van der Waals surface area contributed by atoms with E-state index in [-0.39, 0.29) is 12.4 Å². The molecule has 1 aliphatic rings. The van der Waals surface area contributed by atoms with Crippen molar-refractivity contribution in [2.75, 3.05) is 6.79 Å². The largest absolute Gasteiger partial charge is 0.454 e. The van der Waals surface area contributed by atoms with Crippen LogP contribution in [0.4, 0.5) is 0 Å². The van der Waals surface area contributed by atoms with Crippen LogP contribution in [0.3, 0.4) is 0 Å². The Kier molecular flexibility index (Phi) is 3.57. The quantitative estimate of drug-likeness (QED) is 0.635. The molecule has 3 aromatic rings. The van der Waals surface area contributed by atoms with Gasteiger partial charge in [-0.1, -0.05) is 12.1 Å². The van der Waals surface area contributed by atoms with Crippen LogP contribution in [0.2, 0.25) is 0 Å². The second-order valence-corrected chi connectivity index (χ2v) is 6.13. The second kappa shape index (κ2) is 5.76. The predicted octanol–water partition coefficient (Wildman–Crippen LogP) is 3.08. The molecule has 0 aliphatic carbocycles. The van der Waals surface area contributed by atoms with Gasteiger partial charge in [0.05, 0.1) is 21.6 Å². The molecule has 1 aromatic heterocycles. The van der Waals surface area contributed by atoms with Crippen LogP contribution < -0.4 is 15.0 Å². The van der Waals surface area contributed by atoms with Crippen molar-refractivity contribution in [3.05, 3.63) is 62.6 Å². The zero-order valence-corrected chi connectivity index (χ0v) is 14.3. The number of para-hydroxylation sites is 1. The lowest BCUT2D eigenvalue weighted by Crippen LogP contribution is -2.20. The summed E-state index contributed by atoms with van der Waals surface area (Å²) in [6.07, 6.45) is 1.59. The van der Waals surface area contributed by atoms with E-state index in [1.165, 1.54) is 4.68 Å². The van der Waals surface area contributed by atoms with Gasteiger partial charge in [-0.15, -0.1) is 0 Å². The van der Waals surface area contributed by atoms with Crippen LogP contribution in [0, 0.1) is 6.92 Å². The summed E-state index contributed by atoms with van der Waals surface area (Å²) in [5.74, 6) is 1.84. The SMILES string of the molecule is Cc1nc2ccccc2c(=O)n1N=Cc1cc(Br)c2c(c1)OCO2. The number of nitrogens with zero attached hydrogens (tertiary/aromatic N) is 3. The van der Waals surface area contributed by atoms with E-state index in [1.54, 1.807) is 19.2 Å². The van der Waals surface area contributed by atoms with Gasteiger partial charge in [-0.25, -0.2) is 4.98 Å². The lowest BCUT2D eigenvalue weighted by molar-refractivity contribution is 0.173. The lowest BCUT2D eigenvalue weighted by Gasteiger charge is -2.05. The van der Waals surface area contributed by atoms with Crippen molar-refractivity contribution in [1.29, 1.82) is 0 Å². The van der Waals surface area contributed by atoms with Crippen molar-refractivity contribution in [2.45, 2.75) is 6.92 Å². The summed E-state index contributed by atoms with van der Waals surface area (Å²) < 4.78 is 12.8. The maximum absolute atomic E-state index is 12.6. The van der Waals surface area contributed by atoms with E-state index in [0.717, 1.165) is 10.0 Å². The molecule has 4 rings (SSSR count). The van der Waals surface area contributed by atoms with Crippen LogP contribution in [0.25, 0.3) is 10.9 Å². The van der Waals surface area contributed by atoms with Crippen LogP contribution in [0.15, 0.2) is 50.8 Å². The summed E-state index contributed by atoms with van der Waals surface area (Å²) in [6.45, 7) is 1.95. The van der Waals surface area contributed by atoms with Gasteiger partial charge in [-0.3, -0.25) is 4.79 Å². The molecule has 0 spiro atoms. The Morgan fingerprint density at radius 2 is 2.12 bits per heavy atom. The Labute approximate surface area is 145 Å². The second-order valence-electron chi connectivity index (χ2n) is 5.27. The minimum absolute atomic E-state index is 0.196. The maximum atomic E-state index is 12.6. The molecule has 0 radical (unpaired) electrons. The van der Waals surface area contributed by atoms with Gasteiger partial charge in [0.1, 0.15) is 5.82 Å². The normalized spacial score (nSPS) is 13.1. The Hall–Kier alpha value is -2.67. The standard InChI is InChI=1S/C17H12BrN3O3/c1-10-20-14-5-3-2-4-12(14)17(22)21(10)19-8-11-6-13(18)16-15(7-11)23-9-24-16/h2-8H,9H2,1H3. The molecule has 24 heavy (non-hydrogen) atoms. The fourth-order valence-electron chi connectivity index (χ4n) is 2.56. The van der Waals surface area contributed by atoms with E-state index in [4.69, 9.17) is 9.47 Å². The average Bonchev–Trinajstić information content (AvgIpc) is 3.04. The summed E-state index contributed by atoms with van der Waals surface area (Å²) in [6, 6.07) is 10.9. The van der Waals surface area contributed by atoms with Gasteiger partial charge in [0, 0.05) is 0 Å². The highest BCUT2D eigenvalue weighted by molar-refractivity contribution is 9.10. The van der Waals surface area contributed by atoms with Crippen molar-refractivity contribution in [1.82, 2.24) is 9.66 Å². The number of aromatic nitrogens is 2. The van der Waals surface area contributed by atoms with Gasteiger partial charge in [-0.2, -0.15) is 9.78 Å². The zero-order valence-electron chi connectivity index (χ0n) is 12.7.